The van der Waals surface area contributed by atoms with Crippen LogP contribution in [0.4, 0.5) is 4.39 Å². The molecule has 1 fully saturated rings. The molecule has 1 aliphatic rings. The summed E-state index contributed by atoms with van der Waals surface area (Å²) in [6.45, 7) is 3.94. The Morgan fingerprint density at radius 1 is 1.26 bits per heavy atom. The summed E-state index contributed by atoms with van der Waals surface area (Å²) in [5.41, 5.74) is 0.682. The summed E-state index contributed by atoms with van der Waals surface area (Å²) in [5, 5.41) is 7.32. The second kappa shape index (κ2) is 6.48. The monoisotopic (exact) mass is 316 g/mol. The summed E-state index contributed by atoms with van der Waals surface area (Å²) >= 11 is 0. The molecule has 1 aliphatic carbocycles. The van der Waals surface area contributed by atoms with Crippen LogP contribution in [0.1, 0.15) is 49.1 Å². The van der Waals surface area contributed by atoms with E-state index in [2.05, 4.69) is 22.3 Å². The number of aryl methyl sites for hydroxylation is 1. The number of benzene rings is 1. The third kappa shape index (κ3) is 3.41. The van der Waals surface area contributed by atoms with E-state index in [1.54, 1.807) is 23.7 Å². The van der Waals surface area contributed by atoms with Crippen LogP contribution < -0.4 is 5.32 Å². The van der Waals surface area contributed by atoms with E-state index >= 15 is 0 Å². The lowest BCUT2D eigenvalue weighted by molar-refractivity contribution is 0.0899. The highest BCUT2D eigenvalue weighted by Crippen LogP contribution is 2.23. The lowest BCUT2D eigenvalue weighted by Gasteiger charge is -2.28. The fourth-order valence-corrected chi connectivity index (χ4v) is 3.08. The topological polar surface area (TPSA) is 59.8 Å². The number of hydrogen-bond donors (Lipinski definition) is 1. The maximum absolute atomic E-state index is 13.0. The predicted octanol–water partition coefficient (Wildman–Crippen LogP) is 3.02. The van der Waals surface area contributed by atoms with E-state index in [0.717, 1.165) is 19.3 Å². The van der Waals surface area contributed by atoms with Crippen molar-refractivity contribution in [1.29, 1.82) is 0 Å². The van der Waals surface area contributed by atoms with Crippen molar-refractivity contribution in [2.75, 3.05) is 0 Å². The van der Waals surface area contributed by atoms with Crippen LogP contribution >= 0.6 is 0 Å². The second-order valence-electron chi connectivity index (χ2n) is 6.21. The molecule has 1 heterocycles. The maximum Gasteiger partial charge on any atom is 0.291 e. The third-order valence-corrected chi connectivity index (χ3v) is 4.47. The Morgan fingerprint density at radius 3 is 2.65 bits per heavy atom. The van der Waals surface area contributed by atoms with Gasteiger partial charge in [-0.25, -0.2) is 14.1 Å². The van der Waals surface area contributed by atoms with Crippen LogP contribution in [0, 0.1) is 18.7 Å². The molecular formula is C17H21FN4O. The smallest absolute Gasteiger partial charge is 0.291 e. The molecular weight excluding hydrogens is 295 g/mol. The van der Waals surface area contributed by atoms with E-state index in [4.69, 9.17) is 0 Å². The van der Waals surface area contributed by atoms with Gasteiger partial charge in [-0.05, 0) is 49.9 Å². The summed E-state index contributed by atoms with van der Waals surface area (Å²) in [5.74, 6) is 0.680. The number of carbonyl (C=O) groups excluding carboxylic acids is 1. The van der Waals surface area contributed by atoms with E-state index in [1.807, 2.05) is 0 Å². The minimum Gasteiger partial charge on any atom is -0.346 e. The SMILES string of the molecule is Cc1nc(C(=O)N[C@@H]2CCCC[C@H]2C)nn1-c1ccc(F)cc1. The number of amides is 1. The molecule has 1 aromatic carbocycles. The van der Waals surface area contributed by atoms with Crippen LogP contribution in [0.5, 0.6) is 0 Å². The highest BCUT2D eigenvalue weighted by atomic mass is 19.1. The number of hydrogen-bond acceptors (Lipinski definition) is 3. The Balaban J connectivity index is 1.77. The van der Waals surface area contributed by atoms with E-state index in [-0.39, 0.29) is 23.6 Å². The van der Waals surface area contributed by atoms with Crippen molar-refractivity contribution in [3.63, 3.8) is 0 Å². The molecule has 0 spiro atoms. The summed E-state index contributed by atoms with van der Waals surface area (Å²) < 4.78 is 14.6. The zero-order chi connectivity index (χ0) is 16.4. The Hall–Kier alpha value is -2.24. The molecule has 0 aliphatic heterocycles. The molecule has 5 nitrogen and oxygen atoms in total. The lowest BCUT2D eigenvalue weighted by atomic mass is 9.86. The highest BCUT2D eigenvalue weighted by molar-refractivity contribution is 5.90. The first-order valence-corrected chi connectivity index (χ1v) is 8.05. The van der Waals surface area contributed by atoms with Gasteiger partial charge in [0.1, 0.15) is 11.6 Å². The van der Waals surface area contributed by atoms with Gasteiger partial charge in [0, 0.05) is 6.04 Å². The minimum absolute atomic E-state index is 0.157. The summed E-state index contributed by atoms with van der Waals surface area (Å²) in [7, 11) is 0. The Kier molecular flexibility index (Phi) is 4.41. The van der Waals surface area contributed by atoms with Crippen LogP contribution in [0.3, 0.4) is 0 Å². The van der Waals surface area contributed by atoms with Gasteiger partial charge in [0.15, 0.2) is 0 Å². The molecule has 1 aromatic heterocycles. The van der Waals surface area contributed by atoms with Crippen LogP contribution in [-0.4, -0.2) is 26.7 Å². The second-order valence-corrected chi connectivity index (χ2v) is 6.21. The van der Waals surface area contributed by atoms with Crippen molar-refractivity contribution >= 4 is 5.91 Å². The number of aromatic nitrogens is 3. The molecule has 0 unspecified atom stereocenters. The van der Waals surface area contributed by atoms with Gasteiger partial charge >= 0.3 is 0 Å². The normalized spacial score (nSPS) is 21.2. The predicted molar refractivity (Wildman–Crippen MR) is 84.9 cm³/mol. The molecule has 2 aromatic rings. The highest BCUT2D eigenvalue weighted by Gasteiger charge is 2.25. The van der Waals surface area contributed by atoms with Gasteiger partial charge in [-0.15, -0.1) is 5.10 Å². The van der Waals surface area contributed by atoms with Crippen LogP contribution in [0.25, 0.3) is 5.69 Å². The average molecular weight is 316 g/mol. The largest absolute Gasteiger partial charge is 0.346 e. The Morgan fingerprint density at radius 2 is 1.96 bits per heavy atom. The van der Waals surface area contributed by atoms with E-state index in [1.165, 1.54) is 18.6 Å². The van der Waals surface area contributed by atoms with Crippen LogP contribution in [0.15, 0.2) is 24.3 Å². The first-order chi connectivity index (χ1) is 11.0. The van der Waals surface area contributed by atoms with Gasteiger partial charge in [-0.3, -0.25) is 4.79 Å². The molecule has 0 radical (unpaired) electrons. The van der Waals surface area contributed by atoms with Crippen molar-refractivity contribution in [3.8, 4) is 5.69 Å². The minimum atomic E-state index is -0.309. The molecule has 1 N–H and O–H groups in total. The summed E-state index contributed by atoms with van der Waals surface area (Å²) in [6, 6.07) is 6.14. The standard InChI is InChI=1S/C17H21FN4O/c1-11-5-3-4-6-15(11)20-17(23)16-19-12(2)22(21-16)14-9-7-13(18)8-10-14/h7-11,15H,3-6H2,1-2H3,(H,20,23)/t11-,15-/m1/s1. The number of nitrogens with zero attached hydrogens (tertiary/aromatic N) is 3. The molecule has 1 amide bonds. The van der Waals surface area contributed by atoms with Gasteiger partial charge < -0.3 is 5.32 Å². The molecule has 3 rings (SSSR count). The van der Waals surface area contributed by atoms with Crippen molar-refractivity contribution in [2.24, 2.45) is 5.92 Å². The molecule has 0 saturated heterocycles. The Bertz CT molecular complexity index is 695. The molecule has 122 valence electrons. The average Bonchev–Trinajstić information content (AvgIpc) is 2.92. The van der Waals surface area contributed by atoms with Crippen molar-refractivity contribution in [2.45, 2.75) is 45.6 Å². The van der Waals surface area contributed by atoms with E-state index in [0.29, 0.717) is 17.4 Å². The van der Waals surface area contributed by atoms with Gasteiger partial charge in [0.05, 0.1) is 5.69 Å². The molecule has 1 saturated carbocycles. The summed E-state index contributed by atoms with van der Waals surface area (Å²) in [4.78, 5) is 16.6. The first-order valence-electron chi connectivity index (χ1n) is 8.05. The van der Waals surface area contributed by atoms with E-state index in [9.17, 15) is 9.18 Å². The van der Waals surface area contributed by atoms with Gasteiger partial charge in [0.25, 0.3) is 5.91 Å². The van der Waals surface area contributed by atoms with Gasteiger partial charge in [0.2, 0.25) is 5.82 Å². The lowest BCUT2D eigenvalue weighted by Crippen LogP contribution is -2.41. The third-order valence-electron chi connectivity index (χ3n) is 4.47. The molecule has 23 heavy (non-hydrogen) atoms. The molecule has 0 bridgehead atoms. The molecule has 2 atom stereocenters. The zero-order valence-corrected chi connectivity index (χ0v) is 13.4. The van der Waals surface area contributed by atoms with Crippen molar-refractivity contribution in [3.05, 3.63) is 41.7 Å². The number of carbonyl (C=O) groups is 1. The zero-order valence-electron chi connectivity index (χ0n) is 13.4. The summed E-state index contributed by atoms with van der Waals surface area (Å²) in [6.07, 6.45) is 4.52. The quantitative estimate of drug-likeness (QED) is 0.947. The van der Waals surface area contributed by atoms with Crippen LogP contribution in [0.2, 0.25) is 0 Å². The fraction of sp³-hybridized carbons (Fsp3) is 0.471. The first kappa shape index (κ1) is 15.6. The number of nitrogens with one attached hydrogen (secondary N) is 1. The van der Waals surface area contributed by atoms with Gasteiger partial charge in [-0.2, -0.15) is 0 Å². The van der Waals surface area contributed by atoms with Crippen molar-refractivity contribution in [1.82, 2.24) is 20.1 Å². The van der Waals surface area contributed by atoms with Crippen molar-refractivity contribution < 1.29 is 9.18 Å². The maximum atomic E-state index is 13.0. The number of rotatable bonds is 3. The number of halogens is 1. The van der Waals surface area contributed by atoms with Crippen LogP contribution in [-0.2, 0) is 0 Å². The van der Waals surface area contributed by atoms with Gasteiger partial charge in [-0.1, -0.05) is 19.8 Å². The Labute approximate surface area is 134 Å². The molecule has 6 heteroatoms. The fourth-order valence-electron chi connectivity index (χ4n) is 3.08. The van der Waals surface area contributed by atoms with E-state index < -0.39 is 0 Å².